The van der Waals surface area contributed by atoms with Gasteiger partial charge in [0.2, 0.25) is 0 Å². The summed E-state index contributed by atoms with van der Waals surface area (Å²) in [4.78, 5) is 0. The molecule has 0 fully saturated rings. The van der Waals surface area contributed by atoms with E-state index in [0.717, 1.165) is 12.1 Å². The number of nitrogens with zero attached hydrogens (tertiary/aromatic N) is 1. The SMILES string of the molecule is CC(C)O.CC(C)O.CC(C)O.CCC([N-]c1ccccc1)c1ccccc1.[Ti]. The van der Waals surface area contributed by atoms with Crippen LogP contribution in [0.4, 0.5) is 5.69 Å². The third-order valence-electron chi connectivity index (χ3n) is 2.63. The minimum absolute atomic E-state index is 0. The average molecular weight is 438 g/mol. The van der Waals surface area contributed by atoms with Gasteiger partial charge in [-0.15, -0.1) is 5.69 Å². The van der Waals surface area contributed by atoms with Crippen LogP contribution in [0.3, 0.4) is 0 Å². The molecule has 0 amide bonds. The van der Waals surface area contributed by atoms with E-state index in [-0.39, 0.29) is 46.1 Å². The molecular formula is C24H40NO3Ti-. The monoisotopic (exact) mass is 438 g/mol. The van der Waals surface area contributed by atoms with Gasteiger partial charge in [0, 0.05) is 40.0 Å². The zero-order chi connectivity index (χ0) is 21.9. The summed E-state index contributed by atoms with van der Waals surface area (Å²) in [5.74, 6) is 0. The van der Waals surface area contributed by atoms with Gasteiger partial charge >= 0.3 is 0 Å². The molecule has 0 saturated carbocycles. The van der Waals surface area contributed by atoms with Crippen LogP contribution in [0.15, 0.2) is 60.7 Å². The normalized spacial score (nSPS) is 10.4. The summed E-state index contributed by atoms with van der Waals surface area (Å²) in [5.41, 5.74) is 2.34. The van der Waals surface area contributed by atoms with E-state index in [1.807, 2.05) is 36.4 Å². The van der Waals surface area contributed by atoms with Crippen molar-refractivity contribution in [1.29, 1.82) is 0 Å². The van der Waals surface area contributed by atoms with Gasteiger partial charge in [-0.05, 0) is 41.5 Å². The molecule has 0 radical (unpaired) electrons. The van der Waals surface area contributed by atoms with Gasteiger partial charge in [0.1, 0.15) is 0 Å². The molecule has 0 heterocycles. The van der Waals surface area contributed by atoms with E-state index in [1.54, 1.807) is 41.5 Å². The second-order valence-corrected chi connectivity index (χ2v) is 7.08. The largest absolute Gasteiger partial charge is 0.678 e. The number of benzene rings is 2. The van der Waals surface area contributed by atoms with Gasteiger partial charge in [-0.1, -0.05) is 85.6 Å². The predicted octanol–water partition coefficient (Wildman–Crippen LogP) is 6.00. The van der Waals surface area contributed by atoms with Crippen molar-refractivity contribution < 1.29 is 37.0 Å². The molecule has 4 nitrogen and oxygen atoms in total. The van der Waals surface area contributed by atoms with E-state index >= 15 is 0 Å². The van der Waals surface area contributed by atoms with Crippen molar-refractivity contribution in [3.8, 4) is 0 Å². The van der Waals surface area contributed by atoms with Gasteiger partial charge in [0.25, 0.3) is 0 Å². The van der Waals surface area contributed by atoms with Crippen LogP contribution in [0.5, 0.6) is 0 Å². The molecule has 5 heteroatoms. The first-order valence-electron chi connectivity index (χ1n) is 9.95. The first-order chi connectivity index (χ1) is 13.1. The number of aliphatic hydroxyl groups excluding tert-OH is 3. The van der Waals surface area contributed by atoms with E-state index in [0.29, 0.717) is 0 Å². The summed E-state index contributed by atoms with van der Waals surface area (Å²) >= 11 is 0. The maximum Gasteiger partial charge on any atom is 0.0483 e. The standard InChI is InChI=1S/C15H16N.3C3H8O.Ti/c1-2-15(13-9-5-3-6-10-13)16-14-11-7-4-8-12-14;3*1-3(2)4;/h3-12,15H,2H2,1H3;3*3-4H,1-2H3;/q-1;;;;. The molecule has 2 rings (SSSR count). The van der Waals surface area contributed by atoms with Crippen molar-refractivity contribution in [2.45, 2.75) is 79.2 Å². The van der Waals surface area contributed by atoms with E-state index < -0.39 is 0 Å². The smallest absolute Gasteiger partial charge is 0.0483 e. The molecule has 0 aliphatic heterocycles. The first-order valence-corrected chi connectivity index (χ1v) is 9.95. The molecule has 0 spiro atoms. The first kappa shape index (κ1) is 32.5. The van der Waals surface area contributed by atoms with Gasteiger partial charge < -0.3 is 20.6 Å². The van der Waals surface area contributed by atoms with Gasteiger partial charge in [-0.2, -0.15) is 0 Å². The van der Waals surface area contributed by atoms with E-state index in [9.17, 15) is 0 Å². The summed E-state index contributed by atoms with van der Waals surface area (Å²) < 4.78 is 0. The van der Waals surface area contributed by atoms with Crippen molar-refractivity contribution in [3.05, 3.63) is 71.5 Å². The van der Waals surface area contributed by atoms with Crippen molar-refractivity contribution in [2.75, 3.05) is 0 Å². The molecule has 0 saturated heterocycles. The van der Waals surface area contributed by atoms with Crippen molar-refractivity contribution in [2.24, 2.45) is 0 Å². The van der Waals surface area contributed by atoms with Crippen LogP contribution in [-0.4, -0.2) is 33.6 Å². The third kappa shape index (κ3) is 26.8. The van der Waals surface area contributed by atoms with Gasteiger partial charge in [0.15, 0.2) is 0 Å². The van der Waals surface area contributed by atoms with Gasteiger partial charge in [-0.3, -0.25) is 0 Å². The second-order valence-electron chi connectivity index (χ2n) is 7.08. The van der Waals surface area contributed by atoms with E-state index in [1.165, 1.54) is 5.56 Å². The van der Waals surface area contributed by atoms with Crippen LogP contribution in [0.2, 0.25) is 0 Å². The molecule has 0 aliphatic carbocycles. The molecule has 2 aromatic rings. The van der Waals surface area contributed by atoms with E-state index in [2.05, 4.69) is 31.2 Å². The molecule has 0 aliphatic rings. The summed E-state index contributed by atoms with van der Waals surface area (Å²) in [6.45, 7) is 12.5. The van der Waals surface area contributed by atoms with Crippen molar-refractivity contribution in [1.82, 2.24) is 0 Å². The van der Waals surface area contributed by atoms with Crippen molar-refractivity contribution in [3.63, 3.8) is 0 Å². The Labute approximate surface area is 193 Å². The molecule has 29 heavy (non-hydrogen) atoms. The molecule has 1 atom stereocenters. The Morgan fingerprint density at radius 3 is 1.28 bits per heavy atom. The Kier molecular flexibility index (Phi) is 24.1. The Hall–Kier alpha value is -1.17. The maximum absolute atomic E-state index is 8.06. The molecule has 164 valence electrons. The van der Waals surface area contributed by atoms with Crippen LogP contribution >= 0.6 is 0 Å². The summed E-state index contributed by atoms with van der Waals surface area (Å²) in [6, 6.07) is 20.9. The van der Waals surface area contributed by atoms with Crippen LogP contribution in [0, 0.1) is 0 Å². The minimum Gasteiger partial charge on any atom is -0.678 e. The quantitative estimate of drug-likeness (QED) is 0.513. The van der Waals surface area contributed by atoms with Gasteiger partial charge in [-0.25, -0.2) is 0 Å². The third-order valence-corrected chi connectivity index (χ3v) is 2.63. The fourth-order valence-corrected chi connectivity index (χ4v) is 1.77. The zero-order valence-electron chi connectivity index (χ0n) is 19.1. The Morgan fingerprint density at radius 2 is 0.966 bits per heavy atom. The second kappa shape index (κ2) is 21.5. The van der Waals surface area contributed by atoms with Crippen LogP contribution in [-0.2, 0) is 21.7 Å². The Morgan fingerprint density at radius 1 is 0.655 bits per heavy atom. The van der Waals surface area contributed by atoms with Crippen LogP contribution in [0.1, 0.15) is 66.5 Å². The summed E-state index contributed by atoms with van der Waals surface area (Å²) in [5, 5.41) is 28.9. The maximum atomic E-state index is 8.06. The molecule has 0 bridgehead atoms. The van der Waals surface area contributed by atoms with E-state index in [4.69, 9.17) is 20.6 Å². The Bertz CT molecular complexity index is 526. The van der Waals surface area contributed by atoms with Crippen molar-refractivity contribution >= 4 is 5.69 Å². The topological polar surface area (TPSA) is 74.8 Å². The molecule has 1 unspecified atom stereocenters. The number of para-hydroxylation sites is 1. The Balaban J connectivity index is -0.000000434. The summed E-state index contributed by atoms with van der Waals surface area (Å²) in [7, 11) is 0. The number of aliphatic hydroxyl groups is 3. The number of hydrogen-bond acceptors (Lipinski definition) is 3. The van der Waals surface area contributed by atoms with Crippen LogP contribution in [0.25, 0.3) is 5.32 Å². The molecule has 2 aromatic carbocycles. The fraction of sp³-hybridized carbons (Fsp3) is 0.500. The zero-order valence-corrected chi connectivity index (χ0v) is 20.6. The fourth-order valence-electron chi connectivity index (χ4n) is 1.77. The minimum atomic E-state index is -0.167. The van der Waals surface area contributed by atoms with Gasteiger partial charge in [0.05, 0.1) is 0 Å². The molecular weight excluding hydrogens is 398 g/mol. The van der Waals surface area contributed by atoms with Crippen LogP contribution < -0.4 is 0 Å². The summed E-state index contributed by atoms with van der Waals surface area (Å²) in [6.07, 6.45) is 0.527. The molecule has 0 aromatic heterocycles. The average Bonchev–Trinajstić information content (AvgIpc) is 2.60. The number of hydrogen-bond donors (Lipinski definition) is 3. The predicted molar refractivity (Wildman–Crippen MR) is 121 cm³/mol. The number of rotatable bonds is 4. The molecule has 3 N–H and O–H groups in total.